The highest BCUT2D eigenvalue weighted by Crippen LogP contribution is 2.23. The Balaban J connectivity index is 2.05. The second-order valence-electron chi connectivity index (χ2n) is 4.68. The van der Waals surface area contributed by atoms with E-state index in [1.807, 2.05) is 25.2 Å². The van der Waals surface area contributed by atoms with E-state index in [9.17, 15) is 0 Å². The summed E-state index contributed by atoms with van der Waals surface area (Å²) in [5.74, 6) is 0. The SMILES string of the molecule is CN(CC1CCCCO1)c1cc(Br)cc(C#N)c1. The molecule has 1 atom stereocenters. The number of likely N-dealkylation sites (N-methyl/N-ethyl adjacent to an activating group) is 1. The number of nitrogens with zero attached hydrogens (tertiary/aromatic N) is 2. The second kappa shape index (κ2) is 6.21. The maximum absolute atomic E-state index is 8.98. The van der Waals surface area contributed by atoms with Gasteiger partial charge in [0.15, 0.2) is 0 Å². The summed E-state index contributed by atoms with van der Waals surface area (Å²) in [4.78, 5) is 2.15. The van der Waals surface area contributed by atoms with Crippen molar-refractivity contribution in [1.29, 1.82) is 5.26 Å². The lowest BCUT2D eigenvalue weighted by Crippen LogP contribution is -2.33. The van der Waals surface area contributed by atoms with Crippen LogP contribution in [0.25, 0.3) is 0 Å². The third-order valence-electron chi connectivity index (χ3n) is 3.20. The van der Waals surface area contributed by atoms with Crippen molar-refractivity contribution in [2.75, 3.05) is 25.1 Å². The van der Waals surface area contributed by atoms with Crippen LogP contribution < -0.4 is 4.90 Å². The van der Waals surface area contributed by atoms with Gasteiger partial charge in [-0.1, -0.05) is 15.9 Å². The Bertz CT molecular complexity index is 450. The number of ether oxygens (including phenoxy) is 1. The molecule has 1 saturated heterocycles. The van der Waals surface area contributed by atoms with Crippen LogP contribution in [0.4, 0.5) is 5.69 Å². The maximum atomic E-state index is 8.98. The van der Waals surface area contributed by atoms with Gasteiger partial charge in [-0.3, -0.25) is 0 Å². The fraction of sp³-hybridized carbons (Fsp3) is 0.500. The average Bonchev–Trinajstić information content (AvgIpc) is 2.39. The smallest absolute Gasteiger partial charge is 0.0992 e. The van der Waals surface area contributed by atoms with E-state index in [1.165, 1.54) is 12.8 Å². The van der Waals surface area contributed by atoms with Gasteiger partial charge in [0, 0.05) is 30.4 Å². The van der Waals surface area contributed by atoms with E-state index < -0.39 is 0 Å². The van der Waals surface area contributed by atoms with Gasteiger partial charge in [0.25, 0.3) is 0 Å². The molecule has 1 aromatic rings. The number of anilines is 1. The summed E-state index contributed by atoms with van der Waals surface area (Å²) in [6, 6.07) is 7.95. The maximum Gasteiger partial charge on any atom is 0.0992 e. The summed E-state index contributed by atoms with van der Waals surface area (Å²) in [5.41, 5.74) is 1.73. The molecule has 18 heavy (non-hydrogen) atoms. The quantitative estimate of drug-likeness (QED) is 0.859. The monoisotopic (exact) mass is 308 g/mol. The first kappa shape index (κ1) is 13.4. The molecule has 0 amide bonds. The lowest BCUT2D eigenvalue weighted by molar-refractivity contribution is 0.0216. The van der Waals surface area contributed by atoms with Gasteiger partial charge in [0.05, 0.1) is 17.7 Å². The zero-order chi connectivity index (χ0) is 13.0. The van der Waals surface area contributed by atoms with Crippen molar-refractivity contribution >= 4 is 21.6 Å². The van der Waals surface area contributed by atoms with E-state index in [0.29, 0.717) is 11.7 Å². The highest BCUT2D eigenvalue weighted by molar-refractivity contribution is 9.10. The van der Waals surface area contributed by atoms with Crippen molar-refractivity contribution < 1.29 is 4.74 Å². The largest absolute Gasteiger partial charge is 0.376 e. The van der Waals surface area contributed by atoms with Crippen LogP contribution in [-0.4, -0.2) is 26.3 Å². The molecule has 0 radical (unpaired) electrons. The van der Waals surface area contributed by atoms with Gasteiger partial charge in [-0.05, 0) is 37.5 Å². The fourth-order valence-electron chi connectivity index (χ4n) is 2.22. The Morgan fingerprint density at radius 1 is 1.44 bits per heavy atom. The van der Waals surface area contributed by atoms with Crippen molar-refractivity contribution in [3.05, 3.63) is 28.2 Å². The summed E-state index contributed by atoms with van der Waals surface area (Å²) in [7, 11) is 2.04. The number of hydrogen-bond donors (Lipinski definition) is 0. The molecule has 0 bridgehead atoms. The summed E-state index contributed by atoms with van der Waals surface area (Å²) >= 11 is 3.44. The van der Waals surface area contributed by atoms with Crippen LogP contribution in [0.15, 0.2) is 22.7 Å². The molecule has 96 valence electrons. The van der Waals surface area contributed by atoms with Gasteiger partial charge >= 0.3 is 0 Å². The number of hydrogen-bond acceptors (Lipinski definition) is 3. The first-order valence-corrected chi connectivity index (χ1v) is 7.02. The Morgan fingerprint density at radius 3 is 2.94 bits per heavy atom. The molecule has 0 saturated carbocycles. The minimum atomic E-state index is 0.313. The zero-order valence-electron chi connectivity index (χ0n) is 10.5. The summed E-state index contributed by atoms with van der Waals surface area (Å²) in [5, 5.41) is 8.98. The normalized spacial score (nSPS) is 19.3. The van der Waals surface area contributed by atoms with Crippen molar-refractivity contribution in [3.8, 4) is 6.07 Å². The lowest BCUT2D eigenvalue weighted by atomic mass is 10.1. The number of nitriles is 1. The van der Waals surface area contributed by atoms with Crippen LogP contribution in [0.2, 0.25) is 0 Å². The number of rotatable bonds is 3. The Morgan fingerprint density at radius 2 is 2.28 bits per heavy atom. The molecule has 1 aromatic carbocycles. The van der Waals surface area contributed by atoms with Crippen LogP contribution in [0.5, 0.6) is 0 Å². The number of benzene rings is 1. The molecule has 1 aliphatic rings. The Labute approximate surface area is 116 Å². The summed E-state index contributed by atoms with van der Waals surface area (Å²) in [6.07, 6.45) is 3.87. The zero-order valence-corrected chi connectivity index (χ0v) is 12.1. The molecule has 0 N–H and O–H groups in total. The van der Waals surface area contributed by atoms with E-state index >= 15 is 0 Å². The first-order valence-electron chi connectivity index (χ1n) is 6.22. The van der Waals surface area contributed by atoms with Crippen LogP contribution in [0.3, 0.4) is 0 Å². The second-order valence-corrected chi connectivity index (χ2v) is 5.59. The van der Waals surface area contributed by atoms with Gasteiger partial charge in [-0.2, -0.15) is 5.26 Å². The van der Waals surface area contributed by atoms with Crippen LogP contribution in [-0.2, 0) is 4.74 Å². The highest BCUT2D eigenvalue weighted by atomic mass is 79.9. The molecule has 0 aromatic heterocycles. The molecule has 0 spiro atoms. The van der Waals surface area contributed by atoms with Crippen LogP contribution in [0.1, 0.15) is 24.8 Å². The molecular weight excluding hydrogens is 292 g/mol. The molecular formula is C14H17BrN2O. The Kier molecular flexibility index (Phi) is 4.62. The van der Waals surface area contributed by atoms with Gasteiger partial charge in [-0.25, -0.2) is 0 Å². The molecule has 3 nitrogen and oxygen atoms in total. The summed E-state index contributed by atoms with van der Waals surface area (Å²) < 4.78 is 6.68. The standard InChI is InChI=1S/C14H17BrN2O/c1-17(10-14-4-2-3-5-18-14)13-7-11(9-16)6-12(15)8-13/h6-8,14H,2-5,10H2,1H3. The van der Waals surface area contributed by atoms with Crippen molar-refractivity contribution in [3.63, 3.8) is 0 Å². The molecule has 2 rings (SSSR count). The Hall–Kier alpha value is -1.05. The van der Waals surface area contributed by atoms with Gasteiger partial charge in [-0.15, -0.1) is 0 Å². The van der Waals surface area contributed by atoms with Crippen molar-refractivity contribution in [2.24, 2.45) is 0 Å². The first-order chi connectivity index (χ1) is 8.69. The van der Waals surface area contributed by atoms with E-state index in [-0.39, 0.29) is 0 Å². The van der Waals surface area contributed by atoms with E-state index in [1.54, 1.807) is 0 Å². The predicted molar refractivity (Wildman–Crippen MR) is 75.7 cm³/mol. The van der Waals surface area contributed by atoms with E-state index in [2.05, 4.69) is 26.9 Å². The fourth-order valence-corrected chi connectivity index (χ4v) is 2.70. The molecule has 0 aliphatic carbocycles. The molecule has 4 heteroatoms. The topological polar surface area (TPSA) is 36.3 Å². The van der Waals surface area contributed by atoms with E-state index in [4.69, 9.17) is 10.00 Å². The third kappa shape index (κ3) is 3.47. The molecule has 1 aliphatic heterocycles. The van der Waals surface area contributed by atoms with Gasteiger partial charge in [0.2, 0.25) is 0 Å². The lowest BCUT2D eigenvalue weighted by Gasteiger charge is -2.28. The van der Waals surface area contributed by atoms with Gasteiger partial charge < -0.3 is 9.64 Å². The van der Waals surface area contributed by atoms with Crippen LogP contribution in [0, 0.1) is 11.3 Å². The summed E-state index contributed by atoms with van der Waals surface area (Å²) in [6.45, 7) is 1.75. The van der Waals surface area contributed by atoms with E-state index in [0.717, 1.165) is 29.7 Å². The minimum absolute atomic E-state index is 0.313. The minimum Gasteiger partial charge on any atom is -0.376 e. The van der Waals surface area contributed by atoms with Crippen LogP contribution >= 0.6 is 15.9 Å². The average molecular weight is 309 g/mol. The molecule has 1 heterocycles. The van der Waals surface area contributed by atoms with Crippen molar-refractivity contribution in [1.82, 2.24) is 0 Å². The highest BCUT2D eigenvalue weighted by Gasteiger charge is 2.16. The molecule has 1 unspecified atom stereocenters. The van der Waals surface area contributed by atoms with Gasteiger partial charge in [0.1, 0.15) is 0 Å². The predicted octanol–water partition coefficient (Wildman–Crippen LogP) is 3.33. The third-order valence-corrected chi connectivity index (χ3v) is 3.66. The number of halogens is 1. The molecule has 1 fully saturated rings. The van der Waals surface area contributed by atoms with Crippen molar-refractivity contribution in [2.45, 2.75) is 25.4 Å².